The molecule has 0 aliphatic carbocycles. The van der Waals surface area contributed by atoms with Gasteiger partial charge in [-0.05, 0) is 37.3 Å². The Kier molecular flexibility index (Phi) is 8.19. The van der Waals surface area contributed by atoms with Crippen molar-refractivity contribution in [2.24, 2.45) is 0 Å². The number of nitrogens with one attached hydrogen (secondary N) is 1. The summed E-state index contributed by atoms with van der Waals surface area (Å²) in [5, 5.41) is 19.2. The number of hydrogen-bond acceptors (Lipinski definition) is 5. The van der Waals surface area contributed by atoms with Crippen LogP contribution < -0.4 is 10.2 Å². The number of aliphatic carboxylic acids is 1. The summed E-state index contributed by atoms with van der Waals surface area (Å²) < 4.78 is 37.1. The van der Waals surface area contributed by atoms with Crippen molar-refractivity contribution >= 4 is 29.2 Å². The third-order valence-corrected chi connectivity index (χ3v) is 4.40. The largest absolute Gasteiger partial charge is 0.490 e. The smallest absolute Gasteiger partial charge is 0.478 e. The Morgan fingerprint density at radius 2 is 1.50 bits per heavy atom. The van der Waals surface area contributed by atoms with Gasteiger partial charge < -0.3 is 25.2 Å². The second-order valence-electron chi connectivity index (χ2n) is 6.76. The predicted octanol–water partition coefficient (Wildman–Crippen LogP) is 3.42. The first kappa shape index (κ1) is 24.7. The van der Waals surface area contributed by atoms with Crippen LogP contribution in [0.1, 0.15) is 26.3 Å². The van der Waals surface area contributed by atoms with E-state index >= 15 is 0 Å². The molecule has 0 unspecified atom stereocenters. The molecule has 3 rings (SSSR count). The summed E-state index contributed by atoms with van der Waals surface area (Å²) in [6.45, 7) is 4.55. The summed E-state index contributed by atoms with van der Waals surface area (Å²) in [4.78, 5) is 34.8. The first-order chi connectivity index (χ1) is 15.0. The molecule has 0 radical (unpaired) electrons. The van der Waals surface area contributed by atoms with Crippen molar-refractivity contribution in [2.45, 2.75) is 13.1 Å². The van der Waals surface area contributed by atoms with Gasteiger partial charge in [0.15, 0.2) is 0 Å². The summed E-state index contributed by atoms with van der Waals surface area (Å²) in [5.41, 5.74) is 3.02. The third kappa shape index (κ3) is 6.98. The molecule has 0 spiro atoms. The fourth-order valence-corrected chi connectivity index (χ4v) is 2.75. The minimum atomic E-state index is -5.08. The fourth-order valence-electron chi connectivity index (χ4n) is 2.75. The van der Waals surface area contributed by atoms with Crippen LogP contribution in [0.5, 0.6) is 0 Å². The standard InChI is InChI=1S/C19H20N2O4.C2HF3O2/c1-13-2-4-14(5-3-13)18(22)20-16-12-15(19(23)24)6-7-17(16)21-8-10-25-11-9-21;3-2(4,5)1(6)7/h2-7,12H,8-11H2,1H3,(H,20,22)(H,23,24);(H,6,7). The summed E-state index contributed by atoms with van der Waals surface area (Å²) >= 11 is 0. The van der Waals surface area contributed by atoms with E-state index < -0.39 is 18.1 Å². The number of anilines is 2. The van der Waals surface area contributed by atoms with Crippen LogP contribution in [-0.4, -0.2) is 60.5 Å². The van der Waals surface area contributed by atoms with Crippen LogP contribution in [0, 0.1) is 6.92 Å². The van der Waals surface area contributed by atoms with E-state index in [9.17, 15) is 27.9 Å². The van der Waals surface area contributed by atoms with Crippen LogP contribution in [0.3, 0.4) is 0 Å². The monoisotopic (exact) mass is 454 g/mol. The Hall–Kier alpha value is -3.60. The topological polar surface area (TPSA) is 116 Å². The number of carboxylic acids is 2. The Labute approximate surface area is 181 Å². The number of rotatable bonds is 4. The van der Waals surface area contributed by atoms with Crippen LogP contribution >= 0.6 is 0 Å². The number of nitrogens with zero attached hydrogens (tertiary/aromatic N) is 1. The maximum atomic E-state index is 12.5. The van der Waals surface area contributed by atoms with E-state index in [4.69, 9.17) is 14.6 Å². The number of benzene rings is 2. The molecule has 0 aromatic heterocycles. The molecular weight excluding hydrogens is 433 g/mol. The summed E-state index contributed by atoms with van der Waals surface area (Å²) in [7, 11) is 0. The first-order valence-electron chi connectivity index (χ1n) is 9.37. The van der Waals surface area contributed by atoms with Gasteiger partial charge in [-0.15, -0.1) is 0 Å². The lowest BCUT2D eigenvalue weighted by molar-refractivity contribution is -0.192. The van der Waals surface area contributed by atoms with Crippen molar-refractivity contribution in [3.63, 3.8) is 0 Å². The molecule has 1 fully saturated rings. The van der Waals surface area contributed by atoms with E-state index in [-0.39, 0.29) is 11.5 Å². The lowest BCUT2D eigenvalue weighted by Crippen LogP contribution is -2.36. The van der Waals surface area contributed by atoms with Gasteiger partial charge in [0.25, 0.3) is 5.91 Å². The van der Waals surface area contributed by atoms with E-state index in [1.165, 1.54) is 6.07 Å². The summed E-state index contributed by atoms with van der Waals surface area (Å²) in [6.07, 6.45) is -5.08. The molecule has 1 heterocycles. The molecule has 1 saturated heterocycles. The van der Waals surface area contributed by atoms with Gasteiger partial charge in [0.2, 0.25) is 0 Å². The molecule has 2 aromatic rings. The average Bonchev–Trinajstić information content (AvgIpc) is 2.74. The highest BCUT2D eigenvalue weighted by atomic mass is 19.4. The van der Waals surface area contributed by atoms with Crippen molar-refractivity contribution in [3.8, 4) is 0 Å². The van der Waals surface area contributed by atoms with Crippen LogP contribution in [0.4, 0.5) is 24.5 Å². The average molecular weight is 454 g/mol. The second-order valence-corrected chi connectivity index (χ2v) is 6.76. The fraction of sp³-hybridized carbons (Fsp3) is 0.286. The molecule has 1 aliphatic heterocycles. The van der Waals surface area contributed by atoms with Crippen molar-refractivity contribution in [3.05, 3.63) is 59.2 Å². The molecule has 0 bridgehead atoms. The highest BCUT2D eigenvalue weighted by molar-refractivity contribution is 6.06. The van der Waals surface area contributed by atoms with Crippen molar-refractivity contribution < 1.29 is 42.5 Å². The van der Waals surface area contributed by atoms with Gasteiger partial charge in [-0.2, -0.15) is 13.2 Å². The van der Waals surface area contributed by atoms with E-state index in [1.54, 1.807) is 24.3 Å². The molecule has 11 heteroatoms. The molecular formula is C21H21F3N2O6. The van der Waals surface area contributed by atoms with Gasteiger partial charge in [0.05, 0.1) is 30.2 Å². The number of alkyl halides is 3. The SMILES string of the molecule is Cc1ccc(C(=O)Nc2cc(C(=O)O)ccc2N2CCOCC2)cc1.O=C(O)C(F)(F)F. The van der Waals surface area contributed by atoms with Crippen molar-refractivity contribution in [1.29, 1.82) is 0 Å². The maximum absolute atomic E-state index is 12.5. The van der Waals surface area contributed by atoms with Crippen LogP contribution in [0.2, 0.25) is 0 Å². The van der Waals surface area contributed by atoms with Gasteiger partial charge in [-0.3, -0.25) is 4.79 Å². The summed E-state index contributed by atoms with van der Waals surface area (Å²) in [6, 6.07) is 12.0. The number of amides is 1. The first-order valence-corrected chi connectivity index (χ1v) is 9.37. The number of carbonyl (C=O) groups excluding carboxylic acids is 1. The third-order valence-electron chi connectivity index (χ3n) is 4.40. The molecule has 3 N–H and O–H groups in total. The second kappa shape index (κ2) is 10.6. The van der Waals surface area contributed by atoms with Crippen LogP contribution in [0.15, 0.2) is 42.5 Å². The molecule has 2 aromatic carbocycles. The van der Waals surface area contributed by atoms with Crippen LogP contribution in [0.25, 0.3) is 0 Å². The number of halogens is 3. The molecule has 1 aliphatic rings. The normalized spacial score (nSPS) is 13.6. The molecule has 0 saturated carbocycles. The number of morpholine rings is 1. The minimum absolute atomic E-state index is 0.135. The zero-order valence-electron chi connectivity index (χ0n) is 17.0. The van der Waals surface area contributed by atoms with Gasteiger partial charge >= 0.3 is 18.1 Å². The van der Waals surface area contributed by atoms with Crippen LogP contribution in [-0.2, 0) is 9.53 Å². The lowest BCUT2D eigenvalue weighted by atomic mass is 10.1. The highest BCUT2D eigenvalue weighted by Crippen LogP contribution is 2.28. The number of aromatic carboxylic acids is 1. The Morgan fingerprint density at radius 1 is 0.969 bits per heavy atom. The van der Waals surface area contributed by atoms with E-state index in [0.717, 1.165) is 11.3 Å². The number of carbonyl (C=O) groups is 3. The summed E-state index contributed by atoms with van der Waals surface area (Å²) in [5.74, 6) is -4.05. The van der Waals surface area contributed by atoms with Crippen molar-refractivity contribution in [2.75, 3.05) is 36.5 Å². The molecule has 0 atom stereocenters. The quantitative estimate of drug-likeness (QED) is 0.648. The van der Waals surface area contributed by atoms with Gasteiger partial charge in [0.1, 0.15) is 0 Å². The molecule has 8 nitrogen and oxygen atoms in total. The zero-order chi connectivity index (χ0) is 23.9. The molecule has 1 amide bonds. The Morgan fingerprint density at radius 3 is 2.00 bits per heavy atom. The van der Waals surface area contributed by atoms with Gasteiger partial charge in [0, 0.05) is 18.7 Å². The molecule has 172 valence electrons. The van der Waals surface area contributed by atoms with Crippen molar-refractivity contribution in [1.82, 2.24) is 0 Å². The molecule has 32 heavy (non-hydrogen) atoms. The van der Waals surface area contributed by atoms with E-state index in [2.05, 4.69) is 10.2 Å². The number of carboxylic acid groups (broad SMARTS) is 2. The van der Waals surface area contributed by atoms with E-state index in [0.29, 0.717) is 37.6 Å². The number of ether oxygens (including phenoxy) is 1. The van der Waals surface area contributed by atoms with Gasteiger partial charge in [-0.25, -0.2) is 9.59 Å². The Bertz CT molecular complexity index is 970. The Balaban J connectivity index is 0.000000451. The highest BCUT2D eigenvalue weighted by Gasteiger charge is 2.38. The number of aryl methyl sites for hydroxylation is 1. The minimum Gasteiger partial charge on any atom is -0.478 e. The maximum Gasteiger partial charge on any atom is 0.490 e. The predicted molar refractivity (Wildman–Crippen MR) is 109 cm³/mol. The zero-order valence-corrected chi connectivity index (χ0v) is 17.0. The lowest BCUT2D eigenvalue weighted by Gasteiger charge is -2.30. The van der Waals surface area contributed by atoms with E-state index in [1.807, 2.05) is 19.1 Å². The number of hydrogen-bond donors (Lipinski definition) is 3. The van der Waals surface area contributed by atoms with Gasteiger partial charge in [-0.1, -0.05) is 17.7 Å².